The fourth-order valence-corrected chi connectivity index (χ4v) is 2.04. The highest BCUT2D eigenvalue weighted by Crippen LogP contribution is 2.31. The van der Waals surface area contributed by atoms with Crippen molar-refractivity contribution in [2.75, 3.05) is 20.3 Å². The van der Waals surface area contributed by atoms with Crippen molar-refractivity contribution in [3.8, 4) is 11.5 Å². The van der Waals surface area contributed by atoms with E-state index in [1.807, 2.05) is 18.2 Å². The first-order valence-electron chi connectivity index (χ1n) is 6.42. The maximum atomic E-state index is 11.2. The van der Waals surface area contributed by atoms with Crippen LogP contribution in [0.3, 0.4) is 0 Å². The number of aryl methyl sites for hydroxylation is 1. The molecule has 0 saturated heterocycles. The van der Waals surface area contributed by atoms with Crippen LogP contribution in [0.1, 0.15) is 18.4 Å². The maximum Gasteiger partial charge on any atom is 0.322 e. The number of esters is 1. The topological polar surface area (TPSA) is 70.8 Å². The Hall–Kier alpha value is -1.75. The number of hydrogen-bond acceptors (Lipinski definition) is 5. The molecule has 1 heterocycles. The van der Waals surface area contributed by atoms with Crippen molar-refractivity contribution in [2.24, 2.45) is 5.73 Å². The number of rotatable bonds is 5. The molecule has 1 aromatic rings. The lowest BCUT2D eigenvalue weighted by Gasteiger charge is -2.19. The number of benzene rings is 1. The van der Waals surface area contributed by atoms with Gasteiger partial charge in [0.15, 0.2) is 11.5 Å². The van der Waals surface area contributed by atoms with Crippen molar-refractivity contribution in [3.05, 3.63) is 23.8 Å². The number of methoxy groups -OCH3 is 1. The summed E-state index contributed by atoms with van der Waals surface area (Å²) in [7, 11) is 1.35. The molecule has 5 nitrogen and oxygen atoms in total. The summed E-state index contributed by atoms with van der Waals surface area (Å²) in [6.07, 6.45) is 2.29. The van der Waals surface area contributed by atoms with E-state index in [0.717, 1.165) is 29.9 Å². The molecule has 0 spiro atoms. The summed E-state index contributed by atoms with van der Waals surface area (Å²) in [5, 5.41) is 0. The first kappa shape index (κ1) is 13.7. The van der Waals surface area contributed by atoms with Crippen LogP contribution in [-0.2, 0) is 16.0 Å². The molecule has 2 rings (SSSR count). The predicted molar refractivity (Wildman–Crippen MR) is 70.4 cm³/mol. The van der Waals surface area contributed by atoms with Crippen molar-refractivity contribution in [1.29, 1.82) is 0 Å². The van der Waals surface area contributed by atoms with Gasteiger partial charge < -0.3 is 19.9 Å². The summed E-state index contributed by atoms with van der Waals surface area (Å²) < 4.78 is 15.6. The van der Waals surface area contributed by atoms with Gasteiger partial charge in [0.05, 0.1) is 7.11 Å². The molecule has 104 valence electrons. The quantitative estimate of drug-likeness (QED) is 0.812. The van der Waals surface area contributed by atoms with Crippen LogP contribution in [-0.4, -0.2) is 32.3 Å². The number of nitrogens with two attached hydrogens (primary N) is 1. The third-order valence-corrected chi connectivity index (χ3v) is 3.09. The lowest BCUT2D eigenvalue weighted by molar-refractivity contribution is -0.142. The average molecular weight is 265 g/mol. The van der Waals surface area contributed by atoms with Gasteiger partial charge in [-0.15, -0.1) is 0 Å². The summed E-state index contributed by atoms with van der Waals surface area (Å²) in [6.45, 7) is 1.18. The molecule has 19 heavy (non-hydrogen) atoms. The number of ether oxygens (including phenoxy) is 3. The second-order valence-electron chi connectivity index (χ2n) is 4.50. The molecule has 0 fully saturated rings. The van der Waals surface area contributed by atoms with E-state index in [-0.39, 0.29) is 5.97 Å². The highest BCUT2D eigenvalue weighted by molar-refractivity contribution is 5.75. The van der Waals surface area contributed by atoms with Crippen LogP contribution >= 0.6 is 0 Å². The summed E-state index contributed by atoms with van der Waals surface area (Å²) >= 11 is 0. The number of carbonyl (C=O) groups excluding carboxylic acids is 1. The molecule has 1 atom stereocenters. The van der Waals surface area contributed by atoms with Gasteiger partial charge in [-0.1, -0.05) is 6.07 Å². The van der Waals surface area contributed by atoms with Gasteiger partial charge in [-0.2, -0.15) is 0 Å². The van der Waals surface area contributed by atoms with Crippen LogP contribution in [0.4, 0.5) is 0 Å². The van der Waals surface area contributed by atoms with Crippen molar-refractivity contribution in [3.63, 3.8) is 0 Å². The predicted octanol–water partition coefficient (Wildman–Crippen LogP) is 1.28. The van der Waals surface area contributed by atoms with Crippen molar-refractivity contribution < 1.29 is 19.0 Å². The Morgan fingerprint density at radius 2 is 2.11 bits per heavy atom. The van der Waals surface area contributed by atoms with Gasteiger partial charge >= 0.3 is 5.97 Å². The van der Waals surface area contributed by atoms with Crippen LogP contribution < -0.4 is 15.2 Å². The van der Waals surface area contributed by atoms with E-state index >= 15 is 0 Å². The molecule has 0 amide bonds. The summed E-state index contributed by atoms with van der Waals surface area (Å²) in [4.78, 5) is 11.2. The van der Waals surface area contributed by atoms with Gasteiger partial charge in [-0.05, 0) is 37.0 Å². The Morgan fingerprint density at radius 3 is 2.84 bits per heavy atom. The molecule has 1 aliphatic heterocycles. The minimum atomic E-state index is -0.540. The Kier molecular flexibility index (Phi) is 4.63. The zero-order valence-corrected chi connectivity index (χ0v) is 11.1. The molecule has 0 aromatic heterocycles. The summed E-state index contributed by atoms with van der Waals surface area (Å²) in [5.74, 6) is 1.23. The highest BCUT2D eigenvalue weighted by atomic mass is 16.6. The number of fused-ring (bicyclic) bond motifs is 1. The molecule has 2 N–H and O–H groups in total. The second kappa shape index (κ2) is 6.43. The van der Waals surface area contributed by atoms with Crippen LogP contribution in [0, 0.1) is 0 Å². The van der Waals surface area contributed by atoms with E-state index in [9.17, 15) is 4.79 Å². The van der Waals surface area contributed by atoms with E-state index in [1.54, 1.807) is 0 Å². The largest absolute Gasteiger partial charge is 0.486 e. The smallest absolute Gasteiger partial charge is 0.322 e. The first-order valence-corrected chi connectivity index (χ1v) is 6.42. The maximum absolute atomic E-state index is 11.2. The Balaban J connectivity index is 1.85. The molecule has 5 heteroatoms. The molecule has 1 unspecified atom stereocenters. The molecule has 0 aliphatic carbocycles. The third-order valence-electron chi connectivity index (χ3n) is 3.09. The Morgan fingerprint density at radius 1 is 1.37 bits per heavy atom. The fraction of sp³-hybridized carbons (Fsp3) is 0.500. The molecular formula is C14H19NO4. The Bertz CT molecular complexity index is 447. The van der Waals surface area contributed by atoms with Crippen LogP contribution in [0.5, 0.6) is 11.5 Å². The van der Waals surface area contributed by atoms with Gasteiger partial charge in [0.1, 0.15) is 19.3 Å². The van der Waals surface area contributed by atoms with Gasteiger partial charge in [0, 0.05) is 0 Å². The van der Waals surface area contributed by atoms with E-state index in [4.69, 9.17) is 15.2 Å². The SMILES string of the molecule is COC(=O)C(N)CCCc1ccc2c(c1)OCCO2. The third kappa shape index (κ3) is 3.61. The molecule has 0 bridgehead atoms. The van der Waals surface area contributed by atoms with Crippen molar-refractivity contribution in [1.82, 2.24) is 0 Å². The lowest BCUT2D eigenvalue weighted by atomic mass is 10.0. The van der Waals surface area contributed by atoms with E-state index in [0.29, 0.717) is 19.6 Å². The minimum absolute atomic E-state index is 0.359. The van der Waals surface area contributed by atoms with Crippen molar-refractivity contribution >= 4 is 5.97 Å². The normalized spacial score (nSPS) is 14.8. The van der Waals surface area contributed by atoms with Gasteiger partial charge in [0.25, 0.3) is 0 Å². The zero-order chi connectivity index (χ0) is 13.7. The molecule has 1 aromatic carbocycles. The van der Waals surface area contributed by atoms with Crippen LogP contribution in [0.25, 0.3) is 0 Å². The standard InChI is InChI=1S/C14H19NO4/c1-17-14(16)11(15)4-2-3-10-5-6-12-13(9-10)19-8-7-18-12/h5-6,9,11H,2-4,7-8,15H2,1H3. The molecular weight excluding hydrogens is 246 g/mol. The second-order valence-corrected chi connectivity index (χ2v) is 4.50. The minimum Gasteiger partial charge on any atom is -0.486 e. The van der Waals surface area contributed by atoms with E-state index in [2.05, 4.69) is 4.74 Å². The van der Waals surface area contributed by atoms with Gasteiger partial charge in [-0.3, -0.25) is 4.79 Å². The molecule has 0 saturated carbocycles. The van der Waals surface area contributed by atoms with Crippen molar-refractivity contribution in [2.45, 2.75) is 25.3 Å². The molecule has 0 radical (unpaired) electrons. The Labute approximate surface area is 112 Å². The monoisotopic (exact) mass is 265 g/mol. The van der Waals surface area contributed by atoms with E-state index in [1.165, 1.54) is 7.11 Å². The highest BCUT2D eigenvalue weighted by Gasteiger charge is 2.14. The summed E-state index contributed by atoms with van der Waals surface area (Å²) in [5.41, 5.74) is 6.84. The van der Waals surface area contributed by atoms with E-state index < -0.39 is 6.04 Å². The fourth-order valence-electron chi connectivity index (χ4n) is 2.04. The lowest BCUT2D eigenvalue weighted by Crippen LogP contribution is -2.31. The van der Waals surface area contributed by atoms with Gasteiger partial charge in [0.2, 0.25) is 0 Å². The summed E-state index contributed by atoms with van der Waals surface area (Å²) in [6, 6.07) is 5.38. The van der Waals surface area contributed by atoms with Gasteiger partial charge in [-0.25, -0.2) is 0 Å². The zero-order valence-electron chi connectivity index (χ0n) is 11.1. The number of carbonyl (C=O) groups is 1. The molecule has 1 aliphatic rings. The average Bonchev–Trinajstić information content (AvgIpc) is 2.46. The number of hydrogen-bond donors (Lipinski definition) is 1. The van der Waals surface area contributed by atoms with Crippen LogP contribution in [0.15, 0.2) is 18.2 Å². The van der Waals surface area contributed by atoms with Crippen LogP contribution in [0.2, 0.25) is 0 Å². The first-order chi connectivity index (χ1) is 9.20.